The second-order valence-corrected chi connectivity index (χ2v) is 7.61. The highest BCUT2D eigenvalue weighted by molar-refractivity contribution is 5.70. The lowest BCUT2D eigenvalue weighted by molar-refractivity contribution is -0.174. The molecule has 4 saturated carbocycles. The van der Waals surface area contributed by atoms with Gasteiger partial charge in [0, 0.05) is 0 Å². The van der Waals surface area contributed by atoms with Crippen molar-refractivity contribution in [1.29, 1.82) is 0 Å². The Morgan fingerprint density at radius 2 is 1.76 bits per heavy atom. The second kappa shape index (κ2) is 3.27. The number of carbonyl (C=O) groups is 1. The summed E-state index contributed by atoms with van der Waals surface area (Å²) in [6.07, 6.45) is 6.20. The molecule has 0 heterocycles. The molecule has 0 aromatic rings. The van der Waals surface area contributed by atoms with Crippen molar-refractivity contribution in [2.45, 2.75) is 52.9 Å². The summed E-state index contributed by atoms with van der Waals surface area (Å²) in [5.74, 6) is 1.69. The molecule has 0 amide bonds. The van der Waals surface area contributed by atoms with Gasteiger partial charge in [-0.1, -0.05) is 20.8 Å². The minimum atomic E-state index is -0.580. The molecule has 3 unspecified atom stereocenters. The molecule has 17 heavy (non-hydrogen) atoms. The molecule has 3 atom stereocenters. The van der Waals surface area contributed by atoms with Gasteiger partial charge >= 0.3 is 5.97 Å². The normalized spacial score (nSPS) is 53.7. The molecule has 4 aliphatic carbocycles. The molecule has 4 rings (SSSR count). The van der Waals surface area contributed by atoms with Crippen molar-refractivity contribution in [3.63, 3.8) is 0 Å². The minimum absolute atomic E-state index is 0.124. The Kier molecular flexibility index (Phi) is 2.22. The highest BCUT2D eigenvalue weighted by atomic mass is 16.4. The molecule has 4 aliphatic rings. The van der Waals surface area contributed by atoms with Crippen LogP contribution >= 0.6 is 0 Å². The van der Waals surface area contributed by atoms with Gasteiger partial charge < -0.3 is 5.11 Å². The lowest BCUT2D eigenvalue weighted by Gasteiger charge is -2.65. The standard InChI is InChI=1S/C15H24O2/c1-9-11-4-14(3)5-12(9)7-15(6-11,8-14)10(2)13(16)17/h9-12H,4-8H2,1-3H3,(H,16,17). The molecule has 2 nitrogen and oxygen atoms in total. The molecule has 1 N–H and O–H groups in total. The molecule has 0 aliphatic heterocycles. The zero-order chi connectivity index (χ0) is 12.4. The van der Waals surface area contributed by atoms with Gasteiger partial charge in [0.1, 0.15) is 0 Å². The number of hydrogen-bond donors (Lipinski definition) is 1. The molecule has 4 fully saturated rings. The molecule has 0 radical (unpaired) electrons. The molecular weight excluding hydrogens is 212 g/mol. The van der Waals surface area contributed by atoms with Crippen molar-refractivity contribution < 1.29 is 9.90 Å². The maximum absolute atomic E-state index is 11.4. The van der Waals surface area contributed by atoms with Gasteiger partial charge in [-0.25, -0.2) is 0 Å². The molecule has 0 aromatic heterocycles. The quantitative estimate of drug-likeness (QED) is 0.796. The average molecular weight is 236 g/mol. The van der Waals surface area contributed by atoms with E-state index in [2.05, 4.69) is 13.8 Å². The Bertz CT molecular complexity index is 344. The third-order valence-corrected chi connectivity index (χ3v) is 6.40. The minimum Gasteiger partial charge on any atom is -0.481 e. The van der Waals surface area contributed by atoms with Gasteiger partial charge in [-0.05, 0) is 60.7 Å². The first-order valence-electron chi connectivity index (χ1n) is 7.08. The van der Waals surface area contributed by atoms with Crippen LogP contribution in [0.25, 0.3) is 0 Å². The van der Waals surface area contributed by atoms with E-state index < -0.39 is 5.97 Å². The zero-order valence-corrected chi connectivity index (χ0v) is 11.2. The van der Waals surface area contributed by atoms with Crippen LogP contribution < -0.4 is 0 Å². The highest BCUT2D eigenvalue weighted by Gasteiger charge is 2.60. The summed E-state index contributed by atoms with van der Waals surface area (Å²) in [6, 6.07) is 0. The fraction of sp³-hybridized carbons (Fsp3) is 0.933. The molecule has 0 aromatic carbocycles. The summed E-state index contributed by atoms with van der Waals surface area (Å²) >= 11 is 0. The third kappa shape index (κ3) is 1.49. The number of carboxylic acid groups (broad SMARTS) is 1. The predicted octanol–water partition coefficient (Wildman–Crippen LogP) is 3.56. The van der Waals surface area contributed by atoms with E-state index in [9.17, 15) is 9.90 Å². The van der Waals surface area contributed by atoms with E-state index in [0.717, 1.165) is 24.2 Å². The van der Waals surface area contributed by atoms with E-state index in [1.54, 1.807) is 0 Å². The van der Waals surface area contributed by atoms with Gasteiger partial charge in [0.25, 0.3) is 0 Å². The van der Waals surface area contributed by atoms with E-state index >= 15 is 0 Å². The lowest BCUT2D eigenvalue weighted by Crippen LogP contribution is -2.57. The van der Waals surface area contributed by atoms with Gasteiger partial charge in [-0.2, -0.15) is 0 Å². The van der Waals surface area contributed by atoms with Crippen molar-refractivity contribution in [3.05, 3.63) is 0 Å². The second-order valence-electron chi connectivity index (χ2n) is 7.61. The van der Waals surface area contributed by atoms with Gasteiger partial charge in [-0.15, -0.1) is 0 Å². The first kappa shape index (κ1) is 11.6. The van der Waals surface area contributed by atoms with E-state index in [0.29, 0.717) is 5.41 Å². The van der Waals surface area contributed by atoms with Gasteiger partial charge in [0.2, 0.25) is 0 Å². The Morgan fingerprint density at radius 3 is 2.24 bits per heavy atom. The van der Waals surface area contributed by atoms with Gasteiger partial charge in [0.05, 0.1) is 5.92 Å². The fourth-order valence-electron chi connectivity index (χ4n) is 5.66. The monoisotopic (exact) mass is 236 g/mol. The van der Waals surface area contributed by atoms with Crippen molar-refractivity contribution in [2.24, 2.45) is 34.5 Å². The summed E-state index contributed by atoms with van der Waals surface area (Å²) in [4.78, 5) is 11.4. The largest absolute Gasteiger partial charge is 0.481 e. The summed E-state index contributed by atoms with van der Waals surface area (Å²) in [5, 5.41) is 9.39. The van der Waals surface area contributed by atoms with E-state index in [4.69, 9.17) is 0 Å². The van der Waals surface area contributed by atoms with E-state index in [1.165, 1.54) is 25.7 Å². The van der Waals surface area contributed by atoms with Crippen LogP contribution in [0.3, 0.4) is 0 Å². The van der Waals surface area contributed by atoms with Crippen molar-refractivity contribution in [3.8, 4) is 0 Å². The Balaban J connectivity index is 1.96. The summed E-state index contributed by atoms with van der Waals surface area (Å²) in [5.41, 5.74) is 0.570. The van der Waals surface area contributed by atoms with Crippen LogP contribution in [-0.4, -0.2) is 11.1 Å². The highest BCUT2D eigenvalue weighted by Crippen LogP contribution is 2.68. The van der Waals surface area contributed by atoms with Crippen LogP contribution in [0.5, 0.6) is 0 Å². The third-order valence-electron chi connectivity index (χ3n) is 6.40. The summed E-state index contributed by atoms with van der Waals surface area (Å²) in [7, 11) is 0. The first-order chi connectivity index (χ1) is 7.85. The summed E-state index contributed by atoms with van der Waals surface area (Å²) in [6.45, 7) is 6.75. The van der Waals surface area contributed by atoms with Crippen LogP contribution in [0.4, 0.5) is 0 Å². The van der Waals surface area contributed by atoms with E-state index in [1.807, 2.05) is 6.92 Å². The number of hydrogen-bond acceptors (Lipinski definition) is 1. The van der Waals surface area contributed by atoms with Crippen LogP contribution in [0.15, 0.2) is 0 Å². The summed E-state index contributed by atoms with van der Waals surface area (Å²) < 4.78 is 0. The molecule has 2 heteroatoms. The average Bonchev–Trinajstić information content (AvgIpc) is 2.22. The predicted molar refractivity (Wildman–Crippen MR) is 66.6 cm³/mol. The number of carboxylic acids is 1. The maximum atomic E-state index is 11.4. The van der Waals surface area contributed by atoms with E-state index in [-0.39, 0.29) is 11.3 Å². The van der Waals surface area contributed by atoms with Crippen LogP contribution in [0, 0.1) is 34.5 Å². The lowest BCUT2D eigenvalue weighted by atomic mass is 9.40. The zero-order valence-electron chi connectivity index (χ0n) is 11.2. The molecule has 4 bridgehead atoms. The number of aliphatic carboxylic acids is 1. The van der Waals surface area contributed by atoms with Gasteiger partial charge in [0.15, 0.2) is 0 Å². The number of rotatable bonds is 2. The molecule has 96 valence electrons. The Labute approximate surface area is 104 Å². The van der Waals surface area contributed by atoms with Crippen LogP contribution in [0.1, 0.15) is 52.9 Å². The van der Waals surface area contributed by atoms with Gasteiger partial charge in [-0.3, -0.25) is 4.79 Å². The Hall–Kier alpha value is -0.530. The first-order valence-corrected chi connectivity index (χ1v) is 7.08. The Morgan fingerprint density at radius 1 is 1.24 bits per heavy atom. The SMILES string of the molecule is CC1C2CC3(C)CC1CC(C(C)C(=O)O)(C2)C3. The van der Waals surface area contributed by atoms with Crippen LogP contribution in [0.2, 0.25) is 0 Å². The smallest absolute Gasteiger partial charge is 0.306 e. The molecular formula is C15H24O2. The van der Waals surface area contributed by atoms with Crippen molar-refractivity contribution >= 4 is 5.97 Å². The topological polar surface area (TPSA) is 37.3 Å². The molecule has 0 spiro atoms. The van der Waals surface area contributed by atoms with Crippen LogP contribution in [-0.2, 0) is 4.79 Å². The fourth-order valence-corrected chi connectivity index (χ4v) is 5.66. The maximum Gasteiger partial charge on any atom is 0.306 e. The van der Waals surface area contributed by atoms with Crippen molar-refractivity contribution in [1.82, 2.24) is 0 Å². The molecule has 0 saturated heterocycles. The van der Waals surface area contributed by atoms with Crippen molar-refractivity contribution in [2.75, 3.05) is 0 Å².